The molecule has 0 saturated heterocycles. The molecule has 0 heterocycles. The fourth-order valence-electron chi connectivity index (χ4n) is 2.31. The van der Waals surface area contributed by atoms with Crippen molar-refractivity contribution in [3.8, 4) is 6.07 Å². The van der Waals surface area contributed by atoms with Crippen LogP contribution in [0.2, 0.25) is 0 Å². The smallest absolute Gasteiger partial charge is 0.159 e. The number of carbonyl (C=O) groups excluding carboxylic acids is 1. The van der Waals surface area contributed by atoms with Gasteiger partial charge in [-0.15, -0.1) is 0 Å². The second-order valence-electron chi connectivity index (χ2n) is 5.35. The molecule has 0 aromatic heterocycles. The standard InChI is InChI=1S/C18H18N2O2S/c1-13(21)15-6-7-16(11-19)18(10-15)20(2)12-14-4-8-17(9-5-14)23(3)22/h4-10H,12H2,1-3H3. The van der Waals surface area contributed by atoms with Crippen molar-refractivity contribution in [2.75, 3.05) is 18.2 Å². The first-order valence-electron chi connectivity index (χ1n) is 7.11. The van der Waals surface area contributed by atoms with Gasteiger partial charge in [0.1, 0.15) is 6.07 Å². The van der Waals surface area contributed by atoms with Crippen LogP contribution >= 0.6 is 0 Å². The highest BCUT2D eigenvalue weighted by Gasteiger charge is 2.11. The van der Waals surface area contributed by atoms with Crippen molar-refractivity contribution in [2.45, 2.75) is 18.4 Å². The van der Waals surface area contributed by atoms with Crippen molar-refractivity contribution in [1.29, 1.82) is 5.26 Å². The molecule has 0 N–H and O–H groups in total. The predicted molar refractivity (Wildman–Crippen MR) is 92.0 cm³/mol. The van der Waals surface area contributed by atoms with E-state index in [-0.39, 0.29) is 5.78 Å². The van der Waals surface area contributed by atoms with E-state index in [1.165, 1.54) is 6.92 Å². The van der Waals surface area contributed by atoms with Gasteiger partial charge < -0.3 is 4.90 Å². The number of hydrogen-bond acceptors (Lipinski definition) is 4. The Morgan fingerprint density at radius 1 is 1.22 bits per heavy atom. The Balaban J connectivity index is 2.27. The molecular weight excluding hydrogens is 308 g/mol. The lowest BCUT2D eigenvalue weighted by atomic mass is 10.1. The lowest BCUT2D eigenvalue weighted by molar-refractivity contribution is 0.101. The number of ketones is 1. The van der Waals surface area contributed by atoms with Crippen LogP contribution < -0.4 is 4.90 Å². The van der Waals surface area contributed by atoms with Gasteiger partial charge in [-0.25, -0.2) is 0 Å². The first kappa shape index (κ1) is 16.9. The second-order valence-corrected chi connectivity index (χ2v) is 6.73. The Labute approximate surface area is 138 Å². The summed E-state index contributed by atoms with van der Waals surface area (Å²) in [5.74, 6) is -0.0288. The van der Waals surface area contributed by atoms with Crippen molar-refractivity contribution in [1.82, 2.24) is 0 Å². The number of nitrogens with zero attached hydrogens (tertiary/aromatic N) is 2. The van der Waals surface area contributed by atoms with Gasteiger partial charge in [0.15, 0.2) is 5.78 Å². The highest BCUT2D eigenvalue weighted by molar-refractivity contribution is 7.84. The van der Waals surface area contributed by atoms with Crippen LogP contribution in [-0.4, -0.2) is 23.3 Å². The summed E-state index contributed by atoms with van der Waals surface area (Å²) in [6, 6.07) is 14.8. The third-order valence-corrected chi connectivity index (χ3v) is 4.55. The van der Waals surface area contributed by atoms with Gasteiger partial charge in [-0.1, -0.05) is 12.1 Å². The summed E-state index contributed by atoms with van der Waals surface area (Å²) in [7, 11) is 0.887. The minimum atomic E-state index is -0.994. The third kappa shape index (κ3) is 4.05. The maximum Gasteiger partial charge on any atom is 0.159 e. The summed E-state index contributed by atoms with van der Waals surface area (Å²) in [5, 5.41) is 9.26. The normalized spacial score (nSPS) is 11.6. The van der Waals surface area contributed by atoms with E-state index >= 15 is 0 Å². The van der Waals surface area contributed by atoms with Gasteiger partial charge in [-0.2, -0.15) is 5.26 Å². The minimum Gasteiger partial charge on any atom is -0.369 e. The second kappa shape index (κ2) is 7.21. The molecule has 5 heteroatoms. The summed E-state index contributed by atoms with van der Waals surface area (Å²) in [5.41, 5.74) is 2.88. The summed E-state index contributed by atoms with van der Waals surface area (Å²) in [4.78, 5) is 14.3. The van der Waals surface area contributed by atoms with E-state index in [9.17, 15) is 14.3 Å². The first-order chi connectivity index (χ1) is 10.9. The first-order valence-corrected chi connectivity index (χ1v) is 8.66. The average molecular weight is 326 g/mol. The van der Waals surface area contributed by atoms with Gasteiger partial charge in [0.25, 0.3) is 0 Å². The quantitative estimate of drug-likeness (QED) is 0.792. The Bertz CT molecular complexity index is 792. The van der Waals surface area contributed by atoms with Gasteiger partial charge in [-0.05, 0) is 42.8 Å². The largest absolute Gasteiger partial charge is 0.369 e. The lowest BCUT2D eigenvalue weighted by Crippen LogP contribution is -2.18. The molecule has 118 valence electrons. The van der Waals surface area contributed by atoms with Crippen LogP contribution in [0, 0.1) is 11.3 Å². The maximum atomic E-state index is 11.5. The molecule has 2 rings (SSSR count). The number of anilines is 1. The summed E-state index contributed by atoms with van der Waals surface area (Å²) >= 11 is 0. The molecule has 0 aliphatic carbocycles. The molecule has 0 amide bonds. The molecular formula is C18H18N2O2S. The van der Waals surface area contributed by atoms with Gasteiger partial charge in [-0.3, -0.25) is 9.00 Å². The Kier molecular flexibility index (Phi) is 5.30. The van der Waals surface area contributed by atoms with Crippen LogP contribution in [0.5, 0.6) is 0 Å². The molecule has 0 bridgehead atoms. The monoisotopic (exact) mass is 326 g/mol. The van der Waals surface area contributed by atoms with E-state index in [4.69, 9.17) is 0 Å². The van der Waals surface area contributed by atoms with Crippen LogP contribution in [-0.2, 0) is 17.3 Å². The third-order valence-electron chi connectivity index (χ3n) is 3.61. The van der Waals surface area contributed by atoms with E-state index < -0.39 is 10.8 Å². The molecule has 0 fully saturated rings. The van der Waals surface area contributed by atoms with Crippen molar-refractivity contribution < 1.29 is 9.00 Å². The molecule has 2 aromatic carbocycles. The lowest BCUT2D eigenvalue weighted by Gasteiger charge is -2.21. The van der Waals surface area contributed by atoms with Crippen LogP contribution in [0.3, 0.4) is 0 Å². The number of nitriles is 1. The predicted octanol–water partition coefficient (Wildman–Crippen LogP) is 3.13. The van der Waals surface area contributed by atoms with Crippen molar-refractivity contribution in [2.24, 2.45) is 0 Å². The molecule has 4 nitrogen and oxygen atoms in total. The average Bonchev–Trinajstić information content (AvgIpc) is 2.54. The zero-order chi connectivity index (χ0) is 17.0. The van der Waals surface area contributed by atoms with Crippen LogP contribution in [0.1, 0.15) is 28.4 Å². The maximum absolute atomic E-state index is 11.5. The zero-order valence-electron chi connectivity index (χ0n) is 13.4. The van der Waals surface area contributed by atoms with Gasteiger partial charge in [0.2, 0.25) is 0 Å². The number of benzene rings is 2. The Morgan fingerprint density at radius 3 is 2.39 bits per heavy atom. The van der Waals surface area contributed by atoms with E-state index in [1.54, 1.807) is 24.5 Å². The molecule has 1 unspecified atom stereocenters. The molecule has 0 spiro atoms. The molecule has 0 aliphatic heterocycles. The van der Waals surface area contributed by atoms with Gasteiger partial charge in [0, 0.05) is 41.1 Å². The van der Waals surface area contributed by atoms with E-state index in [1.807, 2.05) is 36.2 Å². The number of rotatable bonds is 5. The Morgan fingerprint density at radius 2 is 1.87 bits per heavy atom. The summed E-state index contributed by atoms with van der Waals surface area (Å²) in [6.45, 7) is 2.10. The topological polar surface area (TPSA) is 61.2 Å². The summed E-state index contributed by atoms with van der Waals surface area (Å²) in [6.07, 6.45) is 1.65. The highest BCUT2D eigenvalue weighted by Crippen LogP contribution is 2.23. The number of Topliss-reactive ketones (excluding diaryl/α,β-unsaturated/α-hetero) is 1. The highest BCUT2D eigenvalue weighted by atomic mass is 32.2. The van der Waals surface area contributed by atoms with E-state index in [2.05, 4.69) is 6.07 Å². The van der Waals surface area contributed by atoms with Crippen LogP contribution in [0.15, 0.2) is 47.4 Å². The van der Waals surface area contributed by atoms with Gasteiger partial charge in [0.05, 0.1) is 11.3 Å². The summed E-state index contributed by atoms with van der Waals surface area (Å²) < 4.78 is 11.4. The van der Waals surface area contributed by atoms with Gasteiger partial charge >= 0.3 is 0 Å². The zero-order valence-corrected chi connectivity index (χ0v) is 14.2. The van der Waals surface area contributed by atoms with Crippen LogP contribution in [0.25, 0.3) is 0 Å². The van der Waals surface area contributed by atoms with Crippen molar-refractivity contribution >= 4 is 22.3 Å². The van der Waals surface area contributed by atoms with Crippen molar-refractivity contribution in [3.05, 3.63) is 59.2 Å². The number of carbonyl (C=O) groups is 1. The molecule has 0 saturated carbocycles. The molecule has 23 heavy (non-hydrogen) atoms. The fourth-order valence-corrected chi connectivity index (χ4v) is 2.83. The molecule has 0 aliphatic rings. The SMILES string of the molecule is CC(=O)c1ccc(C#N)c(N(C)Cc2ccc(S(C)=O)cc2)c1. The minimum absolute atomic E-state index is 0.0288. The van der Waals surface area contributed by atoms with Crippen molar-refractivity contribution in [3.63, 3.8) is 0 Å². The Hall–Kier alpha value is -2.45. The molecule has 2 aromatic rings. The molecule has 1 atom stereocenters. The van der Waals surface area contributed by atoms with E-state index in [0.29, 0.717) is 17.7 Å². The molecule has 0 radical (unpaired) electrons. The van der Waals surface area contributed by atoms with Crippen LogP contribution in [0.4, 0.5) is 5.69 Å². The van der Waals surface area contributed by atoms with E-state index in [0.717, 1.165) is 16.1 Å². The fraction of sp³-hybridized carbons (Fsp3) is 0.222. The number of hydrogen-bond donors (Lipinski definition) is 0.